The number of piperazine rings is 1. The summed E-state index contributed by atoms with van der Waals surface area (Å²) in [6.45, 7) is 3.71. The van der Waals surface area contributed by atoms with Gasteiger partial charge in [0.05, 0.1) is 9.95 Å². The molecule has 4 rings (SSSR count). The Morgan fingerprint density at radius 2 is 1.77 bits per heavy atom. The van der Waals surface area contributed by atoms with E-state index < -0.39 is 4.92 Å². The molecule has 0 aliphatic carbocycles. The van der Waals surface area contributed by atoms with Gasteiger partial charge >= 0.3 is 0 Å². The number of nitro benzene ring substituents is 1. The Balaban J connectivity index is 1.39. The van der Waals surface area contributed by atoms with Crippen molar-refractivity contribution in [2.24, 2.45) is 0 Å². The maximum absolute atomic E-state index is 12.8. The Morgan fingerprint density at radius 3 is 2.43 bits per heavy atom. The van der Waals surface area contributed by atoms with E-state index in [1.54, 1.807) is 17.0 Å². The first-order valence-electron chi connectivity index (χ1n) is 9.61. The highest BCUT2D eigenvalue weighted by molar-refractivity contribution is 6.33. The van der Waals surface area contributed by atoms with Crippen molar-refractivity contribution in [1.82, 2.24) is 9.80 Å². The third-order valence-electron chi connectivity index (χ3n) is 5.15. The monoisotopic (exact) mass is 425 g/mol. The lowest BCUT2D eigenvalue weighted by molar-refractivity contribution is -0.384. The number of benzene rings is 2. The number of nitrogens with zero attached hydrogens (tertiary/aromatic N) is 3. The van der Waals surface area contributed by atoms with Crippen molar-refractivity contribution < 1.29 is 14.1 Å². The van der Waals surface area contributed by atoms with Crippen LogP contribution in [0, 0.1) is 10.1 Å². The van der Waals surface area contributed by atoms with E-state index in [0.717, 1.165) is 19.6 Å². The molecule has 0 bridgehead atoms. The lowest BCUT2D eigenvalue weighted by Crippen LogP contribution is -2.48. The van der Waals surface area contributed by atoms with Gasteiger partial charge in [-0.2, -0.15) is 0 Å². The number of non-ortho nitro benzene ring substituents is 1. The van der Waals surface area contributed by atoms with Crippen LogP contribution < -0.4 is 0 Å². The molecule has 0 saturated carbocycles. The molecule has 1 saturated heterocycles. The van der Waals surface area contributed by atoms with Gasteiger partial charge in [0.15, 0.2) is 5.76 Å². The number of carbonyl (C=O) groups is 1. The molecule has 1 amide bonds. The van der Waals surface area contributed by atoms with Crippen molar-refractivity contribution in [2.75, 3.05) is 26.2 Å². The van der Waals surface area contributed by atoms with Gasteiger partial charge in [-0.1, -0.05) is 41.9 Å². The van der Waals surface area contributed by atoms with Crippen LogP contribution in [0.25, 0.3) is 11.3 Å². The molecule has 3 aromatic rings. The van der Waals surface area contributed by atoms with Crippen molar-refractivity contribution in [3.63, 3.8) is 0 Å². The van der Waals surface area contributed by atoms with Gasteiger partial charge in [0.25, 0.3) is 11.6 Å². The van der Waals surface area contributed by atoms with Crippen LogP contribution in [0.5, 0.6) is 0 Å². The van der Waals surface area contributed by atoms with Crippen LogP contribution in [0.15, 0.2) is 65.1 Å². The van der Waals surface area contributed by atoms with E-state index in [4.69, 9.17) is 16.0 Å². The van der Waals surface area contributed by atoms with Crippen LogP contribution in [-0.4, -0.2) is 46.8 Å². The minimum absolute atomic E-state index is 0.0972. The SMILES string of the molecule is O=C(c1ccc(-c2ccc([N+](=O)[O-])cc2Cl)o1)N1CCN(Cc2ccccc2)CC1. The second-order valence-electron chi connectivity index (χ2n) is 7.14. The molecule has 1 aliphatic heterocycles. The summed E-state index contributed by atoms with van der Waals surface area (Å²) in [7, 11) is 0. The van der Waals surface area contributed by atoms with E-state index in [9.17, 15) is 14.9 Å². The Morgan fingerprint density at radius 1 is 1.03 bits per heavy atom. The summed E-state index contributed by atoms with van der Waals surface area (Å²) in [5.74, 6) is 0.468. The average Bonchev–Trinajstić information content (AvgIpc) is 3.24. The Hall–Kier alpha value is -3.16. The normalized spacial score (nSPS) is 14.6. The van der Waals surface area contributed by atoms with E-state index in [-0.39, 0.29) is 22.4 Å². The van der Waals surface area contributed by atoms with Gasteiger partial charge in [0, 0.05) is 50.4 Å². The number of hydrogen-bond donors (Lipinski definition) is 0. The van der Waals surface area contributed by atoms with Gasteiger partial charge in [-0.15, -0.1) is 0 Å². The summed E-state index contributed by atoms with van der Waals surface area (Å²) >= 11 is 6.16. The molecular weight excluding hydrogens is 406 g/mol. The molecule has 0 unspecified atom stereocenters. The van der Waals surface area contributed by atoms with Gasteiger partial charge in [-0.25, -0.2) is 0 Å². The molecule has 154 valence electrons. The molecule has 30 heavy (non-hydrogen) atoms. The molecule has 0 spiro atoms. The molecule has 1 fully saturated rings. The van der Waals surface area contributed by atoms with Crippen LogP contribution in [-0.2, 0) is 6.54 Å². The maximum Gasteiger partial charge on any atom is 0.289 e. The summed E-state index contributed by atoms with van der Waals surface area (Å²) in [6, 6.07) is 17.7. The lowest BCUT2D eigenvalue weighted by atomic mass is 10.1. The summed E-state index contributed by atoms with van der Waals surface area (Å²) in [5.41, 5.74) is 1.67. The highest BCUT2D eigenvalue weighted by Crippen LogP contribution is 2.32. The van der Waals surface area contributed by atoms with Gasteiger partial charge in [-0.05, 0) is 23.8 Å². The van der Waals surface area contributed by atoms with E-state index in [1.165, 1.54) is 23.8 Å². The Kier molecular flexibility index (Phi) is 5.83. The number of furan rings is 1. The number of rotatable bonds is 5. The minimum Gasteiger partial charge on any atom is -0.451 e. The van der Waals surface area contributed by atoms with Crippen LogP contribution >= 0.6 is 11.6 Å². The molecule has 2 aromatic carbocycles. The maximum atomic E-state index is 12.8. The van der Waals surface area contributed by atoms with E-state index >= 15 is 0 Å². The molecule has 7 nitrogen and oxygen atoms in total. The zero-order valence-corrected chi connectivity index (χ0v) is 16.9. The molecular formula is C22H20ClN3O4. The number of nitro groups is 1. The fourth-order valence-corrected chi connectivity index (χ4v) is 3.79. The second kappa shape index (κ2) is 8.69. The van der Waals surface area contributed by atoms with Crippen LogP contribution in [0.2, 0.25) is 5.02 Å². The van der Waals surface area contributed by atoms with Crippen molar-refractivity contribution in [1.29, 1.82) is 0 Å². The summed E-state index contributed by atoms with van der Waals surface area (Å²) in [6.07, 6.45) is 0. The molecule has 0 atom stereocenters. The zero-order chi connectivity index (χ0) is 21.1. The third-order valence-corrected chi connectivity index (χ3v) is 5.47. The number of halogens is 1. The molecule has 0 radical (unpaired) electrons. The third kappa shape index (κ3) is 4.37. The van der Waals surface area contributed by atoms with Crippen molar-refractivity contribution in [3.05, 3.63) is 87.1 Å². The highest BCUT2D eigenvalue weighted by Gasteiger charge is 2.25. The smallest absolute Gasteiger partial charge is 0.289 e. The van der Waals surface area contributed by atoms with Gasteiger partial charge in [0.2, 0.25) is 0 Å². The topological polar surface area (TPSA) is 79.8 Å². The van der Waals surface area contributed by atoms with Crippen molar-refractivity contribution in [3.8, 4) is 11.3 Å². The predicted molar refractivity (Wildman–Crippen MR) is 113 cm³/mol. The largest absolute Gasteiger partial charge is 0.451 e. The Bertz CT molecular complexity index is 1060. The predicted octanol–water partition coefficient (Wildman–Crippen LogP) is 4.47. The quantitative estimate of drug-likeness (QED) is 0.445. The van der Waals surface area contributed by atoms with Gasteiger partial charge in [0.1, 0.15) is 5.76 Å². The summed E-state index contributed by atoms with van der Waals surface area (Å²) < 4.78 is 5.73. The van der Waals surface area contributed by atoms with Gasteiger partial charge in [-0.3, -0.25) is 19.8 Å². The fourth-order valence-electron chi connectivity index (χ4n) is 3.52. The van der Waals surface area contributed by atoms with E-state index in [1.807, 2.05) is 18.2 Å². The fraction of sp³-hybridized carbons (Fsp3) is 0.227. The van der Waals surface area contributed by atoms with Crippen LogP contribution in [0.3, 0.4) is 0 Å². The first-order valence-corrected chi connectivity index (χ1v) is 9.99. The molecule has 0 N–H and O–H groups in total. The number of hydrogen-bond acceptors (Lipinski definition) is 5. The minimum atomic E-state index is -0.510. The standard InChI is InChI=1S/C22H20ClN3O4/c23-19-14-17(26(28)29)6-7-18(19)20-8-9-21(30-20)22(27)25-12-10-24(11-13-25)15-16-4-2-1-3-5-16/h1-9,14H,10-13,15H2. The van der Waals surface area contributed by atoms with Crippen LogP contribution in [0.1, 0.15) is 16.1 Å². The molecule has 1 aliphatic rings. The molecule has 1 aromatic heterocycles. The summed E-state index contributed by atoms with van der Waals surface area (Å²) in [4.78, 5) is 27.3. The molecule has 2 heterocycles. The highest BCUT2D eigenvalue weighted by atomic mass is 35.5. The van der Waals surface area contributed by atoms with Crippen molar-refractivity contribution in [2.45, 2.75) is 6.54 Å². The Labute approximate surface area is 178 Å². The van der Waals surface area contributed by atoms with E-state index in [2.05, 4.69) is 17.0 Å². The van der Waals surface area contributed by atoms with Gasteiger partial charge < -0.3 is 9.32 Å². The second-order valence-corrected chi connectivity index (χ2v) is 7.55. The first kappa shape index (κ1) is 20.1. The van der Waals surface area contributed by atoms with Crippen LogP contribution in [0.4, 0.5) is 5.69 Å². The summed E-state index contributed by atoms with van der Waals surface area (Å²) in [5, 5.41) is 11.1. The zero-order valence-electron chi connectivity index (χ0n) is 16.2. The average molecular weight is 426 g/mol. The lowest BCUT2D eigenvalue weighted by Gasteiger charge is -2.34. The molecule has 8 heteroatoms. The van der Waals surface area contributed by atoms with E-state index in [0.29, 0.717) is 24.4 Å². The first-order chi connectivity index (χ1) is 14.5. The number of carbonyl (C=O) groups excluding carboxylic acids is 1. The van der Waals surface area contributed by atoms with Crippen molar-refractivity contribution >= 4 is 23.2 Å². The number of amides is 1.